The number of carbonyl (C=O) groups is 2. The van der Waals surface area contributed by atoms with Gasteiger partial charge in [0.05, 0.1) is 30.3 Å². The van der Waals surface area contributed by atoms with Crippen molar-refractivity contribution in [3.8, 4) is 17.2 Å². The minimum absolute atomic E-state index is 0.118. The Morgan fingerprint density at radius 3 is 2.24 bits per heavy atom. The summed E-state index contributed by atoms with van der Waals surface area (Å²) in [4.78, 5) is 24.6. The van der Waals surface area contributed by atoms with Gasteiger partial charge in [0.15, 0.2) is 0 Å². The van der Waals surface area contributed by atoms with E-state index in [4.69, 9.17) is 18.9 Å². The smallest absolute Gasteiger partial charge is 0.343 e. The number of esters is 2. The summed E-state index contributed by atoms with van der Waals surface area (Å²) in [5, 5.41) is 0. The largest absolute Gasteiger partial charge is 0.494 e. The fourth-order valence-corrected chi connectivity index (χ4v) is 3.47. The minimum Gasteiger partial charge on any atom is -0.494 e. The average Bonchev–Trinajstić information content (AvgIpc) is 3.52. The molecule has 1 aliphatic carbocycles. The molecular weight excluding hydrogens is 372 g/mol. The highest BCUT2D eigenvalue weighted by atomic mass is 16.6. The second-order valence-corrected chi connectivity index (χ2v) is 7.38. The molecule has 4 rings (SSSR count). The van der Waals surface area contributed by atoms with Crippen molar-refractivity contribution in [1.82, 2.24) is 0 Å². The van der Waals surface area contributed by atoms with Crippen LogP contribution < -0.4 is 14.2 Å². The summed E-state index contributed by atoms with van der Waals surface area (Å²) in [7, 11) is 0. The van der Waals surface area contributed by atoms with Crippen molar-refractivity contribution >= 4 is 11.9 Å². The van der Waals surface area contributed by atoms with Crippen molar-refractivity contribution in [2.45, 2.75) is 44.8 Å². The molecule has 3 atom stereocenters. The van der Waals surface area contributed by atoms with Crippen LogP contribution >= 0.6 is 0 Å². The first-order chi connectivity index (χ1) is 14.1. The fourth-order valence-electron chi connectivity index (χ4n) is 3.47. The van der Waals surface area contributed by atoms with Gasteiger partial charge in [-0.05, 0) is 74.2 Å². The molecule has 1 heterocycles. The van der Waals surface area contributed by atoms with Crippen LogP contribution in [-0.2, 0) is 9.53 Å². The van der Waals surface area contributed by atoms with E-state index in [1.807, 2.05) is 6.92 Å². The lowest BCUT2D eigenvalue weighted by Crippen LogP contribution is -2.25. The normalized spacial score (nSPS) is 22.3. The molecule has 29 heavy (non-hydrogen) atoms. The molecule has 0 radical (unpaired) electrons. The lowest BCUT2D eigenvalue weighted by atomic mass is 9.89. The summed E-state index contributed by atoms with van der Waals surface area (Å²) in [5.41, 5.74) is 0.378. The number of benzene rings is 2. The Bertz CT molecular complexity index is 858. The standard InChI is InChI=1S/C23H24O6/c1-2-13-26-17-8-10-19(11-9-17)27-22(24)15-3-6-18(7-4-15)28-23(25)16-5-12-20-21(14-16)29-20/h3-4,6-11,16,20-21H,2,5,12-14H2,1H3. The van der Waals surface area contributed by atoms with Crippen molar-refractivity contribution in [1.29, 1.82) is 0 Å². The summed E-state index contributed by atoms with van der Waals surface area (Å²) in [6.45, 7) is 2.68. The fraction of sp³-hybridized carbons (Fsp3) is 0.391. The summed E-state index contributed by atoms with van der Waals surface area (Å²) in [6.07, 6.45) is 3.96. The number of ether oxygens (including phenoxy) is 4. The van der Waals surface area contributed by atoms with E-state index in [0.717, 1.165) is 31.4 Å². The Balaban J connectivity index is 1.30. The van der Waals surface area contributed by atoms with Crippen molar-refractivity contribution < 1.29 is 28.5 Å². The molecule has 0 bridgehead atoms. The first-order valence-electron chi connectivity index (χ1n) is 10.0. The number of epoxide rings is 1. The molecule has 1 saturated heterocycles. The zero-order valence-corrected chi connectivity index (χ0v) is 16.3. The highest BCUT2D eigenvalue weighted by Gasteiger charge is 2.46. The lowest BCUT2D eigenvalue weighted by Gasteiger charge is -2.17. The Morgan fingerprint density at radius 1 is 0.897 bits per heavy atom. The molecule has 1 saturated carbocycles. The van der Waals surface area contributed by atoms with E-state index in [2.05, 4.69) is 0 Å². The van der Waals surface area contributed by atoms with Crippen molar-refractivity contribution in [2.24, 2.45) is 5.92 Å². The second kappa shape index (κ2) is 8.66. The molecule has 0 amide bonds. The molecule has 1 aliphatic heterocycles. The van der Waals surface area contributed by atoms with Gasteiger partial charge in [-0.25, -0.2) is 4.79 Å². The predicted octanol–water partition coefficient (Wildman–Crippen LogP) is 4.17. The van der Waals surface area contributed by atoms with Crippen LogP contribution in [0.3, 0.4) is 0 Å². The summed E-state index contributed by atoms with van der Waals surface area (Å²) in [6, 6.07) is 13.3. The Hall–Kier alpha value is -2.86. The van der Waals surface area contributed by atoms with E-state index >= 15 is 0 Å². The van der Waals surface area contributed by atoms with Gasteiger partial charge in [0.2, 0.25) is 0 Å². The highest BCUT2D eigenvalue weighted by Crippen LogP contribution is 2.39. The molecule has 2 aromatic rings. The maximum atomic E-state index is 12.3. The lowest BCUT2D eigenvalue weighted by molar-refractivity contribution is -0.139. The number of hydrogen-bond acceptors (Lipinski definition) is 6. The van der Waals surface area contributed by atoms with Gasteiger partial charge < -0.3 is 18.9 Å². The third-order valence-electron chi connectivity index (χ3n) is 5.15. The van der Waals surface area contributed by atoms with Crippen LogP contribution in [0, 0.1) is 5.92 Å². The van der Waals surface area contributed by atoms with Gasteiger partial charge in [-0.3, -0.25) is 4.79 Å². The van der Waals surface area contributed by atoms with E-state index < -0.39 is 5.97 Å². The topological polar surface area (TPSA) is 74.4 Å². The van der Waals surface area contributed by atoms with Crippen LogP contribution in [0.15, 0.2) is 48.5 Å². The molecule has 2 aromatic carbocycles. The molecule has 0 N–H and O–H groups in total. The third-order valence-corrected chi connectivity index (χ3v) is 5.15. The summed E-state index contributed by atoms with van der Waals surface area (Å²) in [5.74, 6) is 0.760. The van der Waals surface area contributed by atoms with Gasteiger partial charge >= 0.3 is 11.9 Å². The van der Waals surface area contributed by atoms with E-state index in [9.17, 15) is 9.59 Å². The molecule has 2 fully saturated rings. The van der Waals surface area contributed by atoms with E-state index in [1.54, 1.807) is 48.5 Å². The van der Waals surface area contributed by atoms with Gasteiger partial charge in [-0.2, -0.15) is 0 Å². The maximum absolute atomic E-state index is 12.3. The average molecular weight is 396 g/mol. The number of carbonyl (C=O) groups excluding carboxylic acids is 2. The summed E-state index contributed by atoms with van der Waals surface area (Å²) >= 11 is 0. The molecular formula is C23H24O6. The second-order valence-electron chi connectivity index (χ2n) is 7.38. The SMILES string of the molecule is CCCOc1ccc(OC(=O)c2ccc(OC(=O)C3CCC4OC4C3)cc2)cc1. The molecule has 6 nitrogen and oxygen atoms in total. The zero-order valence-electron chi connectivity index (χ0n) is 16.3. The highest BCUT2D eigenvalue weighted by molar-refractivity contribution is 5.91. The molecule has 152 valence electrons. The number of hydrogen-bond donors (Lipinski definition) is 0. The van der Waals surface area contributed by atoms with Gasteiger partial charge in [0, 0.05) is 0 Å². The summed E-state index contributed by atoms with van der Waals surface area (Å²) < 4.78 is 21.8. The first kappa shape index (κ1) is 19.5. The molecule has 3 unspecified atom stereocenters. The van der Waals surface area contributed by atoms with Crippen molar-refractivity contribution in [3.05, 3.63) is 54.1 Å². The van der Waals surface area contributed by atoms with Crippen LogP contribution in [0.2, 0.25) is 0 Å². The number of rotatable bonds is 7. The van der Waals surface area contributed by atoms with Gasteiger partial charge in [-0.15, -0.1) is 0 Å². The van der Waals surface area contributed by atoms with Crippen LogP contribution in [0.1, 0.15) is 43.0 Å². The number of fused-ring (bicyclic) bond motifs is 1. The third kappa shape index (κ3) is 4.95. The molecule has 0 spiro atoms. The quantitative estimate of drug-likeness (QED) is 0.397. The Morgan fingerprint density at radius 2 is 1.55 bits per heavy atom. The van der Waals surface area contributed by atoms with Crippen molar-refractivity contribution in [2.75, 3.05) is 6.61 Å². The monoisotopic (exact) mass is 396 g/mol. The molecule has 2 aliphatic rings. The molecule has 6 heteroatoms. The first-order valence-corrected chi connectivity index (χ1v) is 10.0. The van der Waals surface area contributed by atoms with E-state index in [1.165, 1.54) is 0 Å². The van der Waals surface area contributed by atoms with E-state index in [-0.39, 0.29) is 18.0 Å². The van der Waals surface area contributed by atoms with Crippen LogP contribution in [0.25, 0.3) is 0 Å². The molecule has 0 aromatic heterocycles. The van der Waals surface area contributed by atoms with Crippen molar-refractivity contribution in [3.63, 3.8) is 0 Å². The Labute approximate surface area is 169 Å². The van der Waals surface area contributed by atoms with Gasteiger partial charge in [0.1, 0.15) is 17.2 Å². The Kier molecular flexibility index (Phi) is 5.81. The minimum atomic E-state index is -0.477. The van der Waals surface area contributed by atoms with Crippen LogP contribution in [-0.4, -0.2) is 30.8 Å². The van der Waals surface area contributed by atoms with Gasteiger partial charge in [0.25, 0.3) is 0 Å². The maximum Gasteiger partial charge on any atom is 0.343 e. The van der Waals surface area contributed by atoms with Crippen LogP contribution in [0.5, 0.6) is 17.2 Å². The zero-order chi connectivity index (χ0) is 20.2. The van der Waals surface area contributed by atoms with Crippen LogP contribution in [0.4, 0.5) is 0 Å². The predicted molar refractivity (Wildman–Crippen MR) is 105 cm³/mol. The van der Waals surface area contributed by atoms with E-state index in [0.29, 0.717) is 29.8 Å². The van der Waals surface area contributed by atoms with Gasteiger partial charge in [-0.1, -0.05) is 6.92 Å².